The number of aliphatic hydroxyl groups is 1. The van der Waals surface area contributed by atoms with Crippen LogP contribution in [0.4, 0.5) is 4.39 Å². The SMILES string of the molecule is Cc1ccncc1C(O)C(F)(Br)Br. The van der Waals surface area contributed by atoms with E-state index in [1.54, 1.807) is 19.2 Å². The van der Waals surface area contributed by atoms with Crippen molar-refractivity contribution in [2.45, 2.75) is 16.5 Å². The first-order valence-electron chi connectivity index (χ1n) is 3.58. The van der Waals surface area contributed by atoms with Crippen LogP contribution in [0.2, 0.25) is 0 Å². The molecular weight excluding hydrogens is 305 g/mol. The molecule has 0 aromatic carbocycles. The Bertz CT molecular complexity index is 300. The molecule has 72 valence electrons. The number of hydrogen-bond donors (Lipinski definition) is 1. The molecule has 0 aliphatic heterocycles. The van der Waals surface area contributed by atoms with E-state index in [4.69, 9.17) is 0 Å². The normalized spacial score (nSPS) is 14.2. The monoisotopic (exact) mass is 311 g/mol. The molecule has 1 heterocycles. The summed E-state index contributed by atoms with van der Waals surface area (Å²) in [4.78, 5) is 3.81. The largest absolute Gasteiger partial charge is 0.383 e. The van der Waals surface area contributed by atoms with Crippen LogP contribution >= 0.6 is 31.9 Å². The van der Waals surface area contributed by atoms with E-state index in [1.165, 1.54) is 6.20 Å². The van der Waals surface area contributed by atoms with Crippen molar-refractivity contribution < 1.29 is 9.50 Å². The van der Waals surface area contributed by atoms with Gasteiger partial charge in [0.15, 0.2) is 0 Å². The van der Waals surface area contributed by atoms with Crippen LogP contribution in [0.25, 0.3) is 0 Å². The molecule has 0 bridgehead atoms. The van der Waals surface area contributed by atoms with Gasteiger partial charge in [-0.2, -0.15) is 0 Å². The fourth-order valence-corrected chi connectivity index (χ4v) is 1.43. The second kappa shape index (κ2) is 4.02. The first-order valence-corrected chi connectivity index (χ1v) is 5.17. The zero-order chi connectivity index (χ0) is 10.1. The van der Waals surface area contributed by atoms with Crippen molar-refractivity contribution in [3.8, 4) is 0 Å². The zero-order valence-electron chi connectivity index (χ0n) is 6.84. The summed E-state index contributed by atoms with van der Waals surface area (Å²) in [6.45, 7) is 1.78. The van der Waals surface area contributed by atoms with Crippen molar-refractivity contribution >= 4 is 31.9 Å². The molecule has 1 aromatic heterocycles. The van der Waals surface area contributed by atoms with E-state index < -0.39 is 9.59 Å². The summed E-state index contributed by atoms with van der Waals surface area (Å²) >= 11 is 5.37. The predicted octanol–water partition coefficient (Wildman–Crippen LogP) is 2.84. The average Bonchev–Trinajstić information content (AvgIpc) is 2.02. The fraction of sp³-hybridized carbons (Fsp3) is 0.375. The maximum Gasteiger partial charge on any atom is 0.248 e. The van der Waals surface area contributed by atoms with E-state index in [9.17, 15) is 9.50 Å². The molecule has 0 saturated carbocycles. The molecule has 1 atom stereocenters. The van der Waals surface area contributed by atoms with E-state index in [0.717, 1.165) is 5.56 Å². The van der Waals surface area contributed by atoms with Crippen LogP contribution < -0.4 is 0 Å². The number of hydrogen-bond acceptors (Lipinski definition) is 2. The number of aromatic nitrogens is 1. The van der Waals surface area contributed by atoms with Crippen LogP contribution in [0.3, 0.4) is 0 Å². The van der Waals surface area contributed by atoms with E-state index in [0.29, 0.717) is 5.56 Å². The summed E-state index contributed by atoms with van der Waals surface area (Å²) < 4.78 is 11.2. The minimum Gasteiger partial charge on any atom is -0.383 e. The second-order valence-corrected chi connectivity index (χ2v) is 6.05. The molecule has 0 aliphatic rings. The number of pyridine rings is 1. The lowest BCUT2D eigenvalue weighted by Crippen LogP contribution is -2.17. The molecule has 13 heavy (non-hydrogen) atoms. The van der Waals surface area contributed by atoms with Crippen molar-refractivity contribution in [1.82, 2.24) is 4.98 Å². The molecule has 5 heteroatoms. The predicted molar refractivity (Wildman–Crippen MR) is 55.6 cm³/mol. The number of aryl methyl sites for hydroxylation is 1. The molecular formula is C8H8Br2FNO. The molecule has 0 amide bonds. The molecule has 1 unspecified atom stereocenters. The number of alkyl halides is 3. The third-order valence-electron chi connectivity index (χ3n) is 1.68. The molecule has 1 aromatic rings. The number of nitrogens with zero attached hydrogens (tertiary/aromatic N) is 1. The first kappa shape index (κ1) is 11.1. The zero-order valence-corrected chi connectivity index (χ0v) is 10.0. The highest BCUT2D eigenvalue weighted by Crippen LogP contribution is 2.41. The van der Waals surface area contributed by atoms with Gasteiger partial charge in [-0.05, 0) is 50.4 Å². The van der Waals surface area contributed by atoms with Gasteiger partial charge in [0.05, 0.1) is 0 Å². The molecule has 0 aliphatic carbocycles. The minimum absolute atomic E-state index is 0.457. The number of aliphatic hydroxyl groups excluding tert-OH is 1. The molecule has 0 spiro atoms. The Morgan fingerprint density at radius 1 is 1.62 bits per heavy atom. The van der Waals surface area contributed by atoms with E-state index in [2.05, 4.69) is 36.8 Å². The Kier molecular flexibility index (Phi) is 3.43. The Morgan fingerprint density at radius 3 is 2.69 bits per heavy atom. The summed E-state index contributed by atoms with van der Waals surface area (Å²) in [5.74, 6) is 0. The molecule has 0 saturated heterocycles. The van der Waals surface area contributed by atoms with Gasteiger partial charge in [0.25, 0.3) is 0 Å². The topological polar surface area (TPSA) is 33.1 Å². The lowest BCUT2D eigenvalue weighted by molar-refractivity contribution is 0.113. The standard InChI is InChI=1S/C8H8Br2FNO/c1-5-2-3-12-4-6(5)7(13)8(9,10)11/h2-4,7,13H,1H3. The first-order chi connectivity index (χ1) is 5.93. The van der Waals surface area contributed by atoms with Gasteiger partial charge in [-0.15, -0.1) is 0 Å². The van der Waals surface area contributed by atoms with E-state index in [1.807, 2.05) is 0 Å². The Balaban J connectivity index is 3.02. The maximum absolute atomic E-state index is 13.2. The Hall–Kier alpha value is -0.000000000000000222. The van der Waals surface area contributed by atoms with Gasteiger partial charge < -0.3 is 5.11 Å². The van der Waals surface area contributed by atoms with Crippen molar-refractivity contribution in [1.29, 1.82) is 0 Å². The molecule has 0 fully saturated rings. The highest BCUT2D eigenvalue weighted by Gasteiger charge is 2.34. The van der Waals surface area contributed by atoms with Gasteiger partial charge in [-0.3, -0.25) is 4.98 Å². The minimum atomic E-state index is -2.01. The van der Waals surface area contributed by atoms with Gasteiger partial charge in [-0.1, -0.05) is 0 Å². The highest BCUT2D eigenvalue weighted by molar-refractivity contribution is 9.25. The molecule has 1 rings (SSSR count). The second-order valence-electron chi connectivity index (χ2n) is 2.68. The van der Waals surface area contributed by atoms with Crippen molar-refractivity contribution in [3.05, 3.63) is 29.6 Å². The van der Waals surface area contributed by atoms with Gasteiger partial charge in [0.2, 0.25) is 3.49 Å². The van der Waals surface area contributed by atoms with Crippen LogP contribution in [0.1, 0.15) is 17.2 Å². The summed E-state index contributed by atoms with van der Waals surface area (Å²) in [7, 11) is 0. The third kappa shape index (κ3) is 2.72. The van der Waals surface area contributed by atoms with Crippen LogP contribution in [0, 0.1) is 6.92 Å². The maximum atomic E-state index is 13.2. The smallest absolute Gasteiger partial charge is 0.248 e. The van der Waals surface area contributed by atoms with Crippen LogP contribution in [-0.2, 0) is 0 Å². The lowest BCUT2D eigenvalue weighted by atomic mass is 10.1. The van der Waals surface area contributed by atoms with Gasteiger partial charge >= 0.3 is 0 Å². The molecule has 0 radical (unpaired) electrons. The fourth-order valence-electron chi connectivity index (χ4n) is 0.939. The van der Waals surface area contributed by atoms with Crippen LogP contribution in [0.15, 0.2) is 18.5 Å². The Labute approximate surface area is 92.4 Å². The van der Waals surface area contributed by atoms with Gasteiger partial charge in [0, 0.05) is 18.0 Å². The molecule has 1 N–H and O–H groups in total. The third-order valence-corrected chi connectivity index (χ3v) is 2.55. The van der Waals surface area contributed by atoms with Gasteiger partial charge in [-0.25, -0.2) is 4.39 Å². The van der Waals surface area contributed by atoms with E-state index in [-0.39, 0.29) is 0 Å². The van der Waals surface area contributed by atoms with Gasteiger partial charge in [0.1, 0.15) is 6.10 Å². The van der Waals surface area contributed by atoms with Crippen molar-refractivity contribution in [2.75, 3.05) is 0 Å². The van der Waals surface area contributed by atoms with Crippen molar-refractivity contribution in [3.63, 3.8) is 0 Å². The van der Waals surface area contributed by atoms with Crippen LogP contribution in [0.5, 0.6) is 0 Å². The summed E-state index contributed by atoms with van der Waals surface area (Å²) in [6.07, 6.45) is 1.76. The molecule has 2 nitrogen and oxygen atoms in total. The van der Waals surface area contributed by atoms with Crippen molar-refractivity contribution in [2.24, 2.45) is 0 Å². The summed E-state index contributed by atoms with van der Waals surface area (Å²) in [6, 6.07) is 1.71. The summed E-state index contributed by atoms with van der Waals surface area (Å²) in [5.41, 5.74) is 1.25. The van der Waals surface area contributed by atoms with E-state index >= 15 is 0 Å². The number of rotatable bonds is 2. The highest BCUT2D eigenvalue weighted by atomic mass is 79.9. The number of halogens is 3. The quantitative estimate of drug-likeness (QED) is 0.852. The lowest BCUT2D eigenvalue weighted by Gasteiger charge is -2.19. The Morgan fingerprint density at radius 2 is 2.23 bits per heavy atom. The average molecular weight is 313 g/mol. The summed E-state index contributed by atoms with van der Waals surface area (Å²) in [5, 5.41) is 9.53. The van der Waals surface area contributed by atoms with Crippen LogP contribution in [-0.4, -0.2) is 13.6 Å².